The quantitative estimate of drug-likeness (QED) is 0.593. The minimum Gasteiger partial charge on any atom is -0.347 e. The molecule has 1 N–H and O–H groups in total. The Morgan fingerprint density at radius 3 is 2.78 bits per heavy atom. The summed E-state index contributed by atoms with van der Waals surface area (Å²) in [5.74, 6) is 0.428. The minimum absolute atomic E-state index is 0.428. The Hall–Kier alpha value is -2.45. The van der Waals surface area contributed by atoms with Gasteiger partial charge in [0, 0.05) is 43.4 Å². The predicted molar refractivity (Wildman–Crippen MR) is 107 cm³/mol. The Morgan fingerprint density at radius 1 is 1.19 bits per heavy atom. The van der Waals surface area contributed by atoms with Crippen LogP contribution in [0.5, 0.6) is 0 Å². The zero-order chi connectivity index (χ0) is 18.2. The van der Waals surface area contributed by atoms with Crippen LogP contribution in [0, 0.1) is 5.41 Å². The molecule has 0 bridgehead atoms. The first-order chi connectivity index (χ1) is 13.1. The number of fused-ring (bicyclic) bond motifs is 2. The van der Waals surface area contributed by atoms with Gasteiger partial charge in [-0.2, -0.15) is 0 Å². The summed E-state index contributed by atoms with van der Waals surface area (Å²) < 4.78 is 4.08. The molecule has 6 heterocycles. The van der Waals surface area contributed by atoms with Crippen LogP contribution in [-0.4, -0.2) is 50.6 Å². The van der Waals surface area contributed by atoms with E-state index in [4.69, 9.17) is 4.98 Å². The summed E-state index contributed by atoms with van der Waals surface area (Å²) in [6, 6.07) is 4.18. The van der Waals surface area contributed by atoms with E-state index in [2.05, 4.69) is 57.3 Å². The van der Waals surface area contributed by atoms with Crippen LogP contribution in [0.1, 0.15) is 25.3 Å². The lowest BCUT2D eigenvalue weighted by atomic mass is 9.75. The summed E-state index contributed by atoms with van der Waals surface area (Å²) in [5, 5.41) is 12.7. The summed E-state index contributed by atoms with van der Waals surface area (Å²) in [5.41, 5.74) is 5.02. The molecule has 0 amide bonds. The highest BCUT2D eigenvalue weighted by Crippen LogP contribution is 2.42. The van der Waals surface area contributed by atoms with Crippen molar-refractivity contribution in [1.82, 2.24) is 29.7 Å². The fourth-order valence-corrected chi connectivity index (χ4v) is 5.30. The van der Waals surface area contributed by atoms with Crippen molar-refractivity contribution < 1.29 is 0 Å². The van der Waals surface area contributed by atoms with Crippen molar-refractivity contribution in [3.63, 3.8) is 0 Å². The standard InChI is InChI=1S/C19H21N7S/c1-12(2)15-7-25(14-4-3-13-5-21-23-26(13)6-14)17-16(15)22-18(27-17)24-10-19(11-24)8-20-9-19/h3-7,12,20H,8-11H2,1-2H3. The number of nitrogens with one attached hydrogen (secondary N) is 1. The Labute approximate surface area is 160 Å². The average Bonchev–Trinajstić information content (AvgIpc) is 3.25. The fraction of sp³-hybridized carbons (Fsp3) is 0.421. The summed E-state index contributed by atoms with van der Waals surface area (Å²) in [6.45, 7) is 9.01. The molecule has 4 aromatic heterocycles. The second-order valence-electron chi connectivity index (χ2n) is 8.21. The summed E-state index contributed by atoms with van der Waals surface area (Å²) in [7, 11) is 0. The third-order valence-corrected chi connectivity index (χ3v) is 6.98. The first-order valence-corrected chi connectivity index (χ1v) is 10.2. The van der Waals surface area contributed by atoms with E-state index in [0.717, 1.165) is 48.0 Å². The summed E-state index contributed by atoms with van der Waals surface area (Å²) in [6.07, 6.45) is 6.03. The van der Waals surface area contributed by atoms with Crippen molar-refractivity contribution in [3.05, 3.63) is 36.3 Å². The SMILES string of the molecule is CC(C)c1cn(-c2ccc3cnnn3c2)c2sc(N3CC4(CNC4)C3)nc12. The topological polar surface area (TPSA) is 63.3 Å². The van der Waals surface area contributed by atoms with Crippen molar-refractivity contribution in [1.29, 1.82) is 0 Å². The Balaban J connectivity index is 1.46. The average molecular weight is 379 g/mol. The lowest BCUT2D eigenvalue weighted by Gasteiger charge is -2.56. The van der Waals surface area contributed by atoms with Gasteiger partial charge in [0.1, 0.15) is 10.3 Å². The zero-order valence-corrected chi connectivity index (χ0v) is 16.2. The van der Waals surface area contributed by atoms with E-state index >= 15 is 0 Å². The molecule has 2 aliphatic rings. The van der Waals surface area contributed by atoms with Crippen LogP contribution in [0.25, 0.3) is 21.6 Å². The lowest BCUT2D eigenvalue weighted by Crippen LogP contribution is -2.71. The highest BCUT2D eigenvalue weighted by Gasteiger charge is 2.48. The number of hydrogen-bond acceptors (Lipinski definition) is 6. The summed E-state index contributed by atoms with van der Waals surface area (Å²) >= 11 is 1.80. The molecule has 8 heteroatoms. The van der Waals surface area contributed by atoms with E-state index in [0.29, 0.717) is 11.3 Å². The van der Waals surface area contributed by atoms with Gasteiger partial charge in [0.2, 0.25) is 0 Å². The Kier molecular flexibility index (Phi) is 3.06. The van der Waals surface area contributed by atoms with Crippen LogP contribution in [0.2, 0.25) is 0 Å². The van der Waals surface area contributed by atoms with Crippen molar-refractivity contribution in [2.45, 2.75) is 19.8 Å². The molecule has 1 spiro atoms. The van der Waals surface area contributed by atoms with Gasteiger partial charge in [0.05, 0.1) is 23.6 Å². The van der Waals surface area contributed by atoms with Crippen LogP contribution < -0.4 is 10.2 Å². The Bertz CT molecular complexity index is 1160. The summed E-state index contributed by atoms with van der Waals surface area (Å²) in [4.78, 5) is 8.69. The van der Waals surface area contributed by atoms with Gasteiger partial charge < -0.3 is 14.8 Å². The lowest BCUT2D eigenvalue weighted by molar-refractivity contribution is 0.121. The second-order valence-corrected chi connectivity index (χ2v) is 9.17. The maximum absolute atomic E-state index is 5.05. The molecule has 27 heavy (non-hydrogen) atoms. The minimum atomic E-state index is 0.428. The van der Waals surface area contributed by atoms with E-state index in [9.17, 15) is 0 Å². The molecule has 2 aliphatic heterocycles. The van der Waals surface area contributed by atoms with Crippen LogP contribution in [0.3, 0.4) is 0 Å². The third kappa shape index (κ3) is 2.20. The number of anilines is 1. The molecule has 0 aliphatic carbocycles. The Morgan fingerprint density at radius 2 is 2.04 bits per heavy atom. The van der Waals surface area contributed by atoms with Crippen molar-refractivity contribution in [2.24, 2.45) is 5.41 Å². The molecule has 2 fully saturated rings. The molecule has 2 saturated heterocycles. The monoisotopic (exact) mass is 379 g/mol. The largest absolute Gasteiger partial charge is 0.347 e. The first-order valence-electron chi connectivity index (χ1n) is 9.40. The molecule has 4 aromatic rings. The number of pyridine rings is 1. The molecule has 0 radical (unpaired) electrons. The highest BCUT2D eigenvalue weighted by atomic mass is 32.1. The third-order valence-electron chi connectivity index (χ3n) is 5.86. The fourth-order valence-electron chi connectivity index (χ4n) is 4.21. The van der Waals surface area contributed by atoms with E-state index in [-0.39, 0.29) is 0 Å². The molecule has 6 rings (SSSR count). The molecule has 7 nitrogen and oxygen atoms in total. The van der Waals surface area contributed by atoms with Gasteiger partial charge in [-0.05, 0) is 18.1 Å². The van der Waals surface area contributed by atoms with E-state index in [1.54, 1.807) is 17.5 Å². The molecular formula is C19H21N7S. The van der Waals surface area contributed by atoms with Crippen molar-refractivity contribution in [3.8, 4) is 5.69 Å². The maximum Gasteiger partial charge on any atom is 0.187 e. The van der Waals surface area contributed by atoms with Gasteiger partial charge >= 0.3 is 0 Å². The van der Waals surface area contributed by atoms with Crippen LogP contribution in [-0.2, 0) is 0 Å². The number of aromatic nitrogens is 5. The molecule has 0 saturated carbocycles. The van der Waals surface area contributed by atoms with Crippen LogP contribution >= 0.6 is 11.3 Å². The number of thiazole rings is 1. The first kappa shape index (κ1) is 15.6. The molecule has 0 aromatic carbocycles. The predicted octanol–water partition coefficient (Wildman–Crippen LogP) is 2.66. The molecule has 138 valence electrons. The number of rotatable bonds is 3. The number of nitrogens with zero attached hydrogens (tertiary/aromatic N) is 6. The van der Waals surface area contributed by atoms with Crippen LogP contribution in [0.4, 0.5) is 5.13 Å². The van der Waals surface area contributed by atoms with Gasteiger partial charge in [-0.15, -0.1) is 5.10 Å². The zero-order valence-electron chi connectivity index (χ0n) is 15.4. The smallest absolute Gasteiger partial charge is 0.187 e. The van der Waals surface area contributed by atoms with Gasteiger partial charge in [-0.3, -0.25) is 0 Å². The van der Waals surface area contributed by atoms with Gasteiger partial charge in [0.25, 0.3) is 0 Å². The van der Waals surface area contributed by atoms with Crippen molar-refractivity contribution in [2.75, 3.05) is 31.1 Å². The van der Waals surface area contributed by atoms with Gasteiger partial charge in [-0.25, -0.2) is 9.50 Å². The number of hydrogen-bond donors (Lipinski definition) is 1. The van der Waals surface area contributed by atoms with Crippen LogP contribution in [0.15, 0.2) is 30.7 Å². The molecule has 0 atom stereocenters. The maximum atomic E-state index is 5.05. The normalized spacial score (nSPS) is 18.6. The van der Waals surface area contributed by atoms with E-state index in [1.807, 2.05) is 10.7 Å². The highest BCUT2D eigenvalue weighted by molar-refractivity contribution is 7.22. The van der Waals surface area contributed by atoms with Crippen molar-refractivity contribution >= 4 is 32.3 Å². The molecular weight excluding hydrogens is 358 g/mol. The van der Waals surface area contributed by atoms with E-state index in [1.165, 1.54) is 10.4 Å². The van der Waals surface area contributed by atoms with Gasteiger partial charge in [-0.1, -0.05) is 30.4 Å². The second kappa shape index (κ2) is 5.30. The van der Waals surface area contributed by atoms with E-state index < -0.39 is 0 Å². The molecule has 0 unspecified atom stereocenters. The van der Waals surface area contributed by atoms with Gasteiger partial charge in [0.15, 0.2) is 5.13 Å².